The summed E-state index contributed by atoms with van der Waals surface area (Å²) >= 11 is 0. The van der Waals surface area contributed by atoms with Crippen LogP contribution >= 0.6 is 0 Å². The van der Waals surface area contributed by atoms with E-state index in [0.29, 0.717) is 10.8 Å². The molecule has 5 aliphatic rings. The molecule has 172 valence electrons. The molecule has 30 heavy (non-hydrogen) atoms. The van der Waals surface area contributed by atoms with Gasteiger partial charge in [-0.25, -0.2) is 0 Å². The zero-order chi connectivity index (χ0) is 20.8. The molecule has 1 heterocycles. The number of fused-ring (bicyclic) bond motifs is 5. The fourth-order valence-corrected chi connectivity index (χ4v) is 9.99. The molecule has 4 aliphatic carbocycles. The highest BCUT2D eigenvalue weighted by atomic mass is 16.5. The fraction of sp³-hybridized carbons (Fsp3) is 1.00. The van der Waals surface area contributed by atoms with Gasteiger partial charge in [0, 0.05) is 13.2 Å². The van der Waals surface area contributed by atoms with E-state index in [-0.39, 0.29) is 0 Å². The summed E-state index contributed by atoms with van der Waals surface area (Å²) in [6.45, 7) is 9.99. The molecular weight excluding hydrogens is 364 g/mol. The predicted molar refractivity (Wildman–Crippen MR) is 126 cm³/mol. The van der Waals surface area contributed by atoms with Crippen molar-refractivity contribution >= 4 is 0 Å². The molecule has 1 saturated heterocycles. The Balaban J connectivity index is 1.22. The molecule has 8 atom stereocenters. The lowest BCUT2D eigenvalue weighted by Gasteiger charge is -2.61. The van der Waals surface area contributed by atoms with Crippen molar-refractivity contribution < 1.29 is 4.74 Å². The van der Waals surface area contributed by atoms with E-state index in [0.717, 1.165) is 54.6 Å². The van der Waals surface area contributed by atoms with Gasteiger partial charge in [0.25, 0.3) is 0 Å². The Morgan fingerprint density at radius 2 is 1.50 bits per heavy atom. The Labute approximate surface area is 187 Å². The van der Waals surface area contributed by atoms with E-state index in [9.17, 15) is 0 Å². The average Bonchev–Trinajstić information content (AvgIpc) is 3.10. The van der Waals surface area contributed by atoms with Crippen molar-refractivity contribution in [3.8, 4) is 0 Å². The van der Waals surface area contributed by atoms with E-state index >= 15 is 0 Å². The van der Waals surface area contributed by atoms with Gasteiger partial charge in [-0.05, 0) is 129 Å². The van der Waals surface area contributed by atoms with Crippen molar-refractivity contribution in [2.24, 2.45) is 52.3 Å². The molecule has 1 aliphatic heterocycles. The molecule has 5 rings (SSSR count). The van der Waals surface area contributed by atoms with Gasteiger partial charge < -0.3 is 4.74 Å². The molecule has 0 spiro atoms. The van der Waals surface area contributed by atoms with Gasteiger partial charge in [-0.3, -0.25) is 0 Å². The van der Waals surface area contributed by atoms with E-state index in [1.807, 2.05) is 0 Å². The van der Waals surface area contributed by atoms with Crippen LogP contribution in [0, 0.1) is 52.3 Å². The van der Waals surface area contributed by atoms with E-state index in [1.165, 1.54) is 44.9 Å². The minimum atomic E-state index is 0.681. The zero-order valence-corrected chi connectivity index (χ0v) is 20.5. The van der Waals surface area contributed by atoms with Gasteiger partial charge in [0.2, 0.25) is 0 Å². The SMILES string of the molecule is CC[C@@H]1CCC2(C)C(CCC3C4CCC(CCCC5CCOCC5)C4(C)CCC32)C1. The summed E-state index contributed by atoms with van der Waals surface area (Å²) in [5, 5.41) is 0. The average molecular weight is 415 g/mol. The molecule has 5 fully saturated rings. The van der Waals surface area contributed by atoms with Crippen LogP contribution in [0.4, 0.5) is 0 Å². The first kappa shape index (κ1) is 21.8. The van der Waals surface area contributed by atoms with Crippen LogP contribution in [0.5, 0.6) is 0 Å². The first-order valence-electron chi connectivity index (χ1n) is 14.1. The highest BCUT2D eigenvalue weighted by Crippen LogP contribution is 2.68. The van der Waals surface area contributed by atoms with Crippen molar-refractivity contribution in [2.45, 2.75) is 117 Å². The van der Waals surface area contributed by atoms with Crippen LogP contribution in [0.3, 0.4) is 0 Å². The standard InChI is InChI=1S/C29H50O/c1-4-21-12-16-29(3)24(20-21)8-10-25-26-11-9-23(28(26,2)17-13-27(25)29)7-5-6-22-14-18-30-19-15-22/h21-27H,4-20H2,1-3H3/t21-,23?,24?,25?,26?,27?,28?,29?/m1/s1. The molecular formula is C29H50O. The molecule has 0 bridgehead atoms. The summed E-state index contributed by atoms with van der Waals surface area (Å²) in [7, 11) is 0. The number of hydrogen-bond donors (Lipinski definition) is 0. The summed E-state index contributed by atoms with van der Waals surface area (Å²) in [4.78, 5) is 0. The van der Waals surface area contributed by atoms with Crippen LogP contribution in [-0.2, 0) is 4.74 Å². The second-order valence-corrected chi connectivity index (χ2v) is 13.0. The van der Waals surface area contributed by atoms with Crippen molar-refractivity contribution in [1.82, 2.24) is 0 Å². The van der Waals surface area contributed by atoms with Gasteiger partial charge in [-0.1, -0.05) is 40.0 Å². The highest BCUT2D eigenvalue weighted by molar-refractivity contribution is 5.09. The van der Waals surface area contributed by atoms with Gasteiger partial charge in [0.1, 0.15) is 0 Å². The molecule has 7 unspecified atom stereocenters. The third-order valence-corrected chi connectivity index (χ3v) is 12.1. The van der Waals surface area contributed by atoms with Gasteiger partial charge in [-0.2, -0.15) is 0 Å². The molecule has 1 heteroatoms. The van der Waals surface area contributed by atoms with E-state index in [2.05, 4.69) is 20.8 Å². The van der Waals surface area contributed by atoms with Gasteiger partial charge in [0.15, 0.2) is 0 Å². The molecule has 4 saturated carbocycles. The van der Waals surface area contributed by atoms with Crippen LogP contribution in [0.25, 0.3) is 0 Å². The quantitative estimate of drug-likeness (QED) is 0.440. The highest BCUT2D eigenvalue weighted by Gasteiger charge is 2.59. The molecule has 0 N–H and O–H groups in total. The van der Waals surface area contributed by atoms with Crippen LogP contribution in [0.15, 0.2) is 0 Å². The van der Waals surface area contributed by atoms with E-state index < -0.39 is 0 Å². The minimum absolute atomic E-state index is 0.681. The number of hydrogen-bond acceptors (Lipinski definition) is 1. The normalized spacial score (nSPS) is 49.3. The third-order valence-electron chi connectivity index (χ3n) is 12.1. The molecule has 1 nitrogen and oxygen atoms in total. The van der Waals surface area contributed by atoms with Crippen molar-refractivity contribution in [3.63, 3.8) is 0 Å². The number of rotatable bonds is 5. The fourth-order valence-electron chi connectivity index (χ4n) is 9.99. The summed E-state index contributed by atoms with van der Waals surface area (Å²) in [6.07, 6.45) is 22.6. The van der Waals surface area contributed by atoms with Crippen LogP contribution in [-0.4, -0.2) is 13.2 Å². The monoisotopic (exact) mass is 414 g/mol. The summed E-state index contributed by atoms with van der Waals surface area (Å²) in [5.41, 5.74) is 1.37. The van der Waals surface area contributed by atoms with Crippen LogP contribution < -0.4 is 0 Å². The van der Waals surface area contributed by atoms with Crippen molar-refractivity contribution in [2.75, 3.05) is 13.2 Å². The summed E-state index contributed by atoms with van der Waals surface area (Å²) < 4.78 is 5.57. The third kappa shape index (κ3) is 3.72. The maximum atomic E-state index is 5.57. The smallest absolute Gasteiger partial charge is 0.0468 e. The minimum Gasteiger partial charge on any atom is -0.381 e. The Hall–Kier alpha value is -0.0400. The van der Waals surface area contributed by atoms with E-state index in [4.69, 9.17) is 4.74 Å². The molecule has 0 radical (unpaired) electrons. The first-order chi connectivity index (χ1) is 14.5. The van der Waals surface area contributed by atoms with Crippen molar-refractivity contribution in [1.29, 1.82) is 0 Å². The van der Waals surface area contributed by atoms with Crippen LogP contribution in [0.2, 0.25) is 0 Å². The summed E-state index contributed by atoms with van der Waals surface area (Å²) in [6, 6.07) is 0. The molecule has 0 aromatic carbocycles. The lowest BCUT2D eigenvalue weighted by atomic mass is 9.44. The largest absolute Gasteiger partial charge is 0.381 e. The molecule has 0 aromatic rings. The van der Waals surface area contributed by atoms with Gasteiger partial charge >= 0.3 is 0 Å². The number of ether oxygens (including phenoxy) is 1. The molecule has 0 aromatic heterocycles. The maximum Gasteiger partial charge on any atom is 0.0468 e. The van der Waals surface area contributed by atoms with Crippen molar-refractivity contribution in [3.05, 3.63) is 0 Å². The Kier molecular flexibility index (Phi) is 6.33. The van der Waals surface area contributed by atoms with E-state index in [1.54, 1.807) is 51.4 Å². The Morgan fingerprint density at radius 3 is 2.30 bits per heavy atom. The first-order valence-corrected chi connectivity index (χ1v) is 14.1. The second kappa shape index (κ2) is 8.72. The van der Waals surface area contributed by atoms with Gasteiger partial charge in [0.05, 0.1) is 0 Å². The second-order valence-electron chi connectivity index (χ2n) is 13.0. The van der Waals surface area contributed by atoms with Gasteiger partial charge in [-0.15, -0.1) is 0 Å². The Bertz CT molecular complexity index is 579. The van der Waals surface area contributed by atoms with Crippen LogP contribution in [0.1, 0.15) is 117 Å². The Morgan fingerprint density at radius 1 is 0.733 bits per heavy atom. The lowest BCUT2D eigenvalue weighted by molar-refractivity contribution is -0.118. The molecule has 0 amide bonds. The lowest BCUT2D eigenvalue weighted by Crippen LogP contribution is -2.53. The zero-order valence-electron chi connectivity index (χ0n) is 20.5. The summed E-state index contributed by atoms with van der Waals surface area (Å²) in [5.74, 6) is 7.29. The maximum absolute atomic E-state index is 5.57. The predicted octanol–water partition coefficient (Wildman–Crippen LogP) is 8.27. The topological polar surface area (TPSA) is 9.23 Å².